The molecule has 0 aromatic heterocycles. The molecule has 170 valence electrons. The van der Waals surface area contributed by atoms with Gasteiger partial charge in [0, 0.05) is 17.3 Å². The van der Waals surface area contributed by atoms with Crippen LogP contribution in [0.5, 0.6) is 0 Å². The van der Waals surface area contributed by atoms with Gasteiger partial charge in [-0.1, -0.05) is 41.9 Å². The molecule has 2 aliphatic heterocycles. The second kappa shape index (κ2) is 9.11. The third-order valence-electron chi connectivity index (χ3n) is 5.95. The molecule has 0 saturated heterocycles. The van der Waals surface area contributed by atoms with Crippen molar-refractivity contribution in [2.75, 3.05) is 25.0 Å². The van der Waals surface area contributed by atoms with Crippen molar-refractivity contribution < 1.29 is 14.4 Å². The van der Waals surface area contributed by atoms with Crippen LogP contribution in [-0.2, 0) is 9.59 Å². The lowest BCUT2D eigenvalue weighted by molar-refractivity contribution is -0.130. The van der Waals surface area contributed by atoms with Crippen molar-refractivity contribution in [2.45, 2.75) is 19.9 Å². The number of urea groups is 1. The van der Waals surface area contributed by atoms with Gasteiger partial charge in [-0.05, 0) is 48.7 Å². The van der Waals surface area contributed by atoms with E-state index >= 15 is 0 Å². The Morgan fingerprint density at radius 2 is 1.97 bits per heavy atom. The molecule has 0 fully saturated rings. The fourth-order valence-electron chi connectivity index (χ4n) is 4.13. The number of benzene rings is 2. The molecule has 0 radical (unpaired) electrons. The highest BCUT2D eigenvalue weighted by Crippen LogP contribution is 2.38. The van der Waals surface area contributed by atoms with Gasteiger partial charge in [-0.25, -0.2) is 4.79 Å². The van der Waals surface area contributed by atoms with Crippen molar-refractivity contribution >= 4 is 35.1 Å². The van der Waals surface area contributed by atoms with Gasteiger partial charge in [-0.3, -0.25) is 14.5 Å². The fraction of sp³-hybridized carbons (Fsp3) is 0.240. The maximum atomic E-state index is 13.4. The smallest absolute Gasteiger partial charge is 0.322 e. The number of hydrogen-bond donors (Lipinski definition) is 2. The molecular formula is C25H25ClN4O3. The summed E-state index contributed by atoms with van der Waals surface area (Å²) >= 11 is 6.38. The van der Waals surface area contributed by atoms with Crippen LogP contribution >= 0.6 is 11.6 Å². The van der Waals surface area contributed by atoms with Gasteiger partial charge in [0.2, 0.25) is 5.91 Å². The highest BCUT2D eigenvalue weighted by atomic mass is 35.5. The van der Waals surface area contributed by atoms with Gasteiger partial charge >= 0.3 is 6.03 Å². The summed E-state index contributed by atoms with van der Waals surface area (Å²) in [7, 11) is 0. The van der Waals surface area contributed by atoms with Crippen LogP contribution in [0.3, 0.4) is 0 Å². The second-order valence-corrected chi connectivity index (χ2v) is 8.58. The molecule has 0 spiro atoms. The number of amides is 4. The summed E-state index contributed by atoms with van der Waals surface area (Å²) in [4.78, 5) is 41.9. The first kappa shape index (κ1) is 22.6. The Labute approximate surface area is 197 Å². The fourth-order valence-corrected chi connectivity index (χ4v) is 4.38. The predicted molar refractivity (Wildman–Crippen MR) is 128 cm³/mol. The van der Waals surface area contributed by atoms with Crippen LogP contribution < -0.4 is 10.6 Å². The van der Waals surface area contributed by atoms with E-state index < -0.39 is 6.04 Å². The normalized spacial score (nSPS) is 17.7. The maximum Gasteiger partial charge on any atom is 0.322 e. The van der Waals surface area contributed by atoms with Crippen molar-refractivity contribution in [1.82, 2.24) is 15.1 Å². The van der Waals surface area contributed by atoms with Crippen LogP contribution in [0.2, 0.25) is 5.02 Å². The van der Waals surface area contributed by atoms with E-state index in [0.29, 0.717) is 27.5 Å². The van der Waals surface area contributed by atoms with E-state index in [1.54, 1.807) is 30.3 Å². The molecule has 0 bridgehead atoms. The van der Waals surface area contributed by atoms with E-state index in [9.17, 15) is 14.4 Å². The van der Waals surface area contributed by atoms with E-state index in [0.717, 1.165) is 11.1 Å². The molecule has 2 N–H and O–H groups in total. The van der Waals surface area contributed by atoms with Crippen molar-refractivity contribution in [1.29, 1.82) is 0 Å². The van der Waals surface area contributed by atoms with Gasteiger partial charge in [0.25, 0.3) is 5.91 Å². The van der Waals surface area contributed by atoms with E-state index in [-0.39, 0.29) is 37.5 Å². The minimum Gasteiger partial charge on any atom is -0.326 e. The number of aryl methyl sites for hydroxylation is 2. The SMILES string of the molecule is C=CCN1C(=O)N[C@H](c2ccccc2Cl)C2=C1CN(CC(=O)Nc1ccc(C)c(C)c1)C2=O. The predicted octanol–water partition coefficient (Wildman–Crippen LogP) is 3.94. The summed E-state index contributed by atoms with van der Waals surface area (Å²) in [6.45, 7) is 7.95. The molecule has 4 rings (SSSR count). The number of rotatable bonds is 6. The lowest BCUT2D eigenvalue weighted by atomic mass is 9.95. The Morgan fingerprint density at radius 3 is 2.67 bits per heavy atom. The van der Waals surface area contributed by atoms with Crippen LogP contribution in [0, 0.1) is 13.8 Å². The Bertz CT molecular complexity index is 1190. The minimum atomic E-state index is -0.692. The summed E-state index contributed by atoms with van der Waals surface area (Å²) in [6.07, 6.45) is 1.60. The molecule has 33 heavy (non-hydrogen) atoms. The lowest BCUT2D eigenvalue weighted by Crippen LogP contribution is -2.47. The average Bonchev–Trinajstić information content (AvgIpc) is 3.09. The van der Waals surface area contributed by atoms with Crippen LogP contribution in [-0.4, -0.2) is 47.3 Å². The Kier molecular flexibility index (Phi) is 6.24. The van der Waals surface area contributed by atoms with Crippen molar-refractivity contribution in [3.63, 3.8) is 0 Å². The van der Waals surface area contributed by atoms with Crippen molar-refractivity contribution in [3.8, 4) is 0 Å². The van der Waals surface area contributed by atoms with Gasteiger partial charge in [-0.2, -0.15) is 0 Å². The van der Waals surface area contributed by atoms with Crippen LogP contribution in [0.15, 0.2) is 66.4 Å². The minimum absolute atomic E-state index is 0.135. The van der Waals surface area contributed by atoms with Crippen LogP contribution in [0.25, 0.3) is 0 Å². The molecule has 1 atom stereocenters. The number of carbonyl (C=O) groups is 3. The summed E-state index contributed by atoms with van der Waals surface area (Å²) in [5, 5.41) is 6.18. The topological polar surface area (TPSA) is 81.8 Å². The Morgan fingerprint density at radius 1 is 1.21 bits per heavy atom. The van der Waals surface area contributed by atoms with Gasteiger partial charge in [0.05, 0.1) is 23.9 Å². The molecule has 0 unspecified atom stereocenters. The molecule has 0 aliphatic carbocycles. The lowest BCUT2D eigenvalue weighted by Gasteiger charge is -2.33. The molecular weight excluding hydrogens is 440 g/mol. The van der Waals surface area contributed by atoms with Crippen molar-refractivity contribution in [3.05, 3.63) is 88.1 Å². The van der Waals surface area contributed by atoms with E-state index in [4.69, 9.17) is 11.6 Å². The quantitative estimate of drug-likeness (QED) is 0.635. The molecule has 2 heterocycles. The van der Waals surface area contributed by atoms with E-state index in [1.807, 2.05) is 32.0 Å². The molecule has 2 aliphatic rings. The van der Waals surface area contributed by atoms with E-state index in [2.05, 4.69) is 17.2 Å². The summed E-state index contributed by atoms with van der Waals surface area (Å²) in [6, 6.07) is 11.7. The number of halogens is 1. The van der Waals surface area contributed by atoms with Crippen LogP contribution in [0.4, 0.5) is 10.5 Å². The Hall–Kier alpha value is -3.58. The summed E-state index contributed by atoms with van der Waals surface area (Å²) < 4.78 is 0. The molecule has 4 amide bonds. The number of nitrogens with zero attached hydrogens (tertiary/aromatic N) is 2. The molecule has 7 nitrogen and oxygen atoms in total. The van der Waals surface area contributed by atoms with Gasteiger partial charge in [-0.15, -0.1) is 6.58 Å². The van der Waals surface area contributed by atoms with Crippen LogP contribution in [0.1, 0.15) is 22.7 Å². The highest BCUT2D eigenvalue weighted by Gasteiger charge is 2.44. The standard InChI is InChI=1S/C25H25ClN4O3/c1-4-11-30-20-13-29(14-21(31)27-17-10-9-15(2)16(3)12-17)24(32)22(20)23(28-25(30)33)18-7-5-6-8-19(18)26/h4-10,12,23H,1,11,13-14H2,2-3H3,(H,27,31)(H,28,33)/t23-/m1/s1. The summed E-state index contributed by atoms with van der Waals surface area (Å²) in [5.74, 6) is -0.616. The maximum absolute atomic E-state index is 13.4. The number of carbonyl (C=O) groups excluding carboxylic acids is 3. The first-order valence-electron chi connectivity index (χ1n) is 10.6. The largest absolute Gasteiger partial charge is 0.326 e. The monoisotopic (exact) mass is 464 g/mol. The number of anilines is 1. The third kappa shape index (κ3) is 4.36. The van der Waals surface area contributed by atoms with E-state index in [1.165, 1.54) is 9.80 Å². The molecule has 2 aromatic carbocycles. The Balaban J connectivity index is 1.59. The third-order valence-corrected chi connectivity index (χ3v) is 6.29. The number of hydrogen-bond acceptors (Lipinski definition) is 3. The first-order chi connectivity index (χ1) is 15.8. The zero-order valence-corrected chi connectivity index (χ0v) is 19.3. The summed E-state index contributed by atoms with van der Waals surface area (Å²) in [5.41, 5.74) is 4.48. The zero-order valence-electron chi connectivity index (χ0n) is 18.5. The first-order valence-corrected chi connectivity index (χ1v) is 11.0. The average molecular weight is 465 g/mol. The molecule has 2 aromatic rings. The number of nitrogens with one attached hydrogen (secondary N) is 2. The zero-order chi connectivity index (χ0) is 23.7. The van der Waals surface area contributed by atoms with Crippen molar-refractivity contribution in [2.24, 2.45) is 0 Å². The highest BCUT2D eigenvalue weighted by molar-refractivity contribution is 6.31. The van der Waals surface area contributed by atoms with Gasteiger partial charge in [0.15, 0.2) is 0 Å². The second-order valence-electron chi connectivity index (χ2n) is 8.17. The van der Waals surface area contributed by atoms with Gasteiger partial charge < -0.3 is 15.5 Å². The van der Waals surface area contributed by atoms with Gasteiger partial charge in [0.1, 0.15) is 6.54 Å². The molecule has 8 heteroatoms. The molecule has 0 saturated carbocycles.